The van der Waals surface area contributed by atoms with Gasteiger partial charge in [-0.05, 0) is 23.8 Å². The Labute approximate surface area is 152 Å². The Kier molecular flexibility index (Phi) is 4.03. The summed E-state index contributed by atoms with van der Waals surface area (Å²) in [4.78, 5) is 17.1. The van der Waals surface area contributed by atoms with Crippen LogP contribution in [0.25, 0.3) is 22.4 Å². The number of aromatic nitrogens is 3. The molecule has 2 heterocycles. The molecule has 0 N–H and O–H groups in total. The van der Waals surface area contributed by atoms with E-state index in [1.54, 1.807) is 30.3 Å². The molecule has 2 aromatic heterocycles. The minimum absolute atomic E-state index is 0.199. The van der Waals surface area contributed by atoms with Gasteiger partial charge in [-0.15, -0.1) is 0 Å². The van der Waals surface area contributed by atoms with Crippen LogP contribution in [0.1, 0.15) is 5.56 Å². The molecule has 25 heavy (non-hydrogen) atoms. The number of fused-ring (bicyclic) bond motifs is 1. The molecule has 2 aromatic carbocycles. The van der Waals surface area contributed by atoms with Crippen molar-refractivity contribution < 1.29 is 4.52 Å². The summed E-state index contributed by atoms with van der Waals surface area (Å²) in [6, 6.07) is 14.4. The maximum absolute atomic E-state index is 12.9. The van der Waals surface area contributed by atoms with E-state index < -0.39 is 0 Å². The van der Waals surface area contributed by atoms with Crippen LogP contribution in [-0.2, 0) is 6.54 Å². The fraction of sp³-hybridized carbons (Fsp3) is 0.0556. The zero-order valence-electron chi connectivity index (χ0n) is 12.8. The molecule has 0 spiro atoms. The maximum atomic E-state index is 12.9. The first-order valence-corrected chi connectivity index (χ1v) is 8.23. The minimum atomic E-state index is -0.240. The zero-order valence-corrected chi connectivity index (χ0v) is 14.3. The van der Waals surface area contributed by atoms with Gasteiger partial charge >= 0.3 is 0 Å². The molecule has 0 aliphatic carbocycles. The highest BCUT2D eigenvalue weighted by Gasteiger charge is 2.17. The Balaban J connectivity index is 1.85. The quantitative estimate of drug-likeness (QED) is 0.535. The molecule has 124 valence electrons. The predicted molar refractivity (Wildman–Crippen MR) is 97.1 cm³/mol. The van der Waals surface area contributed by atoms with Gasteiger partial charge in [-0.3, -0.25) is 9.36 Å². The molecule has 0 saturated carbocycles. The van der Waals surface area contributed by atoms with Crippen molar-refractivity contribution in [1.29, 1.82) is 0 Å². The molecule has 0 atom stereocenters. The van der Waals surface area contributed by atoms with E-state index in [0.29, 0.717) is 27.7 Å². The third-order valence-corrected chi connectivity index (χ3v) is 4.50. The van der Waals surface area contributed by atoms with Gasteiger partial charge in [-0.25, -0.2) is 4.98 Å². The van der Waals surface area contributed by atoms with Crippen molar-refractivity contribution >= 4 is 34.3 Å². The Bertz CT molecular complexity index is 1120. The smallest absolute Gasteiger partial charge is 0.267 e. The number of hydrogen-bond acceptors (Lipinski definition) is 4. The third-order valence-electron chi connectivity index (χ3n) is 3.88. The van der Waals surface area contributed by atoms with E-state index in [1.165, 1.54) is 10.9 Å². The van der Waals surface area contributed by atoms with Crippen molar-refractivity contribution in [2.75, 3.05) is 0 Å². The number of rotatable bonds is 3. The fourth-order valence-electron chi connectivity index (χ4n) is 2.61. The zero-order chi connectivity index (χ0) is 17.4. The summed E-state index contributed by atoms with van der Waals surface area (Å²) in [5.74, 6) is 0. The topological polar surface area (TPSA) is 60.9 Å². The van der Waals surface area contributed by atoms with Gasteiger partial charge in [0.15, 0.2) is 0 Å². The lowest BCUT2D eigenvalue weighted by Crippen LogP contribution is -2.21. The number of halogens is 2. The highest BCUT2D eigenvalue weighted by molar-refractivity contribution is 6.31. The van der Waals surface area contributed by atoms with Crippen LogP contribution >= 0.6 is 23.2 Å². The minimum Gasteiger partial charge on any atom is -0.335 e. The SMILES string of the molecule is O=c1c2c(-c3ccc(Cl)cc3)noc2ncn1Cc1ccccc1Cl. The van der Waals surface area contributed by atoms with Crippen LogP contribution < -0.4 is 5.56 Å². The van der Waals surface area contributed by atoms with E-state index in [2.05, 4.69) is 10.1 Å². The number of hydrogen-bond donors (Lipinski definition) is 0. The average Bonchev–Trinajstić information content (AvgIpc) is 3.05. The molecule has 0 unspecified atom stereocenters. The Morgan fingerprint density at radius 3 is 2.56 bits per heavy atom. The first kappa shape index (κ1) is 15.9. The molecule has 0 radical (unpaired) electrons. The van der Waals surface area contributed by atoms with Crippen molar-refractivity contribution in [2.24, 2.45) is 0 Å². The molecule has 0 bridgehead atoms. The van der Waals surface area contributed by atoms with Crippen LogP contribution in [0.5, 0.6) is 0 Å². The van der Waals surface area contributed by atoms with Gasteiger partial charge in [-0.2, -0.15) is 0 Å². The van der Waals surface area contributed by atoms with Gasteiger partial charge in [0.2, 0.25) is 0 Å². The lowest BCUT2D eigenvalue weighted by Gasteiger charge is -2.07. The molecular weight excluding hydrogens is 361 g/mol. The summed E-state index contributed by atoms with van der Waals surface area (Å²) in [5, 5.41) is 5.53. The van der Waals surface area contributed by atoms with E-state index in [-0.39, 0.29) is 11.3 Å². The number of nitrogens with zero attached hydrogens (tertiary/aromatic N) is 3. The van der Waals surface area contributed by atoms with Gasteiger partial charge in [-0.1, -0.05) is 58.7 Å². The molecule has 7 heteroatoms. The maximum Gasteiger partial charge on any atom is 0.267 e. The van der Waals surface area contributed by atoms with Gasteiger partial charge in [0, 0.05) is 15.6 Å². The van der Waals surface area contributed by atoms with Crippen LogP contribution in [0.15, 0.2) is 64.2 Å². The summed E-state index contributed by atoms with van der Waals surface area (Å²) in [5.41, 5.74) is 1.97. The van der Waals surface area contributed by atoms with Crippen molar-refractivity contribution in [2.45, 2.75) is 6.54 Å². The Morgan fingerprint density at radius 1 is 1.04 bits per heavy atom. The molecule has 4 rings (SSSR count). The predicted octanol–water partition coefficient (Wildman–Crippen LogP) is 4.41. The van der Waals surface area contributed by atoms with E-state index in [1.807, 2.05) is 18.2 Å². The van der Waals surface area contributed by atoms with Gasteiger partial charge < -0.3 is 4.52 Å². The summed E-state index contributed by atoms with van der Waals surface area (Å²) in [7, 11) is 0. The van der Waals surface area contributed by atoms with Crippen molar-refractivity contribution in [3.8, 4) is 11.3 Å². The largest absolute Gasteiger partial charge is 0.335 e. The summed E-state index contributed by atoms with van der Waals surface area (Å²) < 4.78 is 6.70. The van der Waals surface area contributed by atoms with Crippen LogP contribution in [0.2, 0.25) is 10.0 Å². The summed E-state index contributed by atoms with van der Waals surface area (Å²) in [6.45, 7) is 0.312. The molecule has 0 amide bonds. The van der Waals surface area contributed by atoms with E-state index in [9.17, 15) is 4.79 Å². The van der Waals surface area contributed by atoms with Gasteiger partial charge in [0.05, 0.1) is 6.54 Å². The summed E-state index contributed by atoms with van der Waals surface area (Å²) >= 11 is 12.1. The molecule has 0 aliphatic heterocycles. The van der Waals surface area contributed by atoms with Crippen LogP contribution in [-0.4, -0.2) is 14.7 Å². The second kappa shape index (κ2) is 6.35. The normalized spacial score (nSPS) is 11.1. The lowest BCUT2D eigenvalue weighted by atomic mass is 10.1. The monoisotopic (exact) mass is 371 g/mol. The van der Waals surface area contributed by atoms with Crippen molar-refractivity contribution in [3.05, 3.63) is 80.8 Å². The fourth-order valence-corrected chi connectivity index (χ4v) is 2.93. The van der Waals surface area contributed by atoms with Crippen molar-refractivity contribution in [1.82, 2.24) is 14.7 Å². The van der Waals surface area contributed by atoms with Crippen LogP contribution in [0.3, 0.4) is 0 Å². The van der Waals surface area contributed by atoms with E-state index >= 15 is 0 Å². The highest BCUT2D eigenvalue weighted by Crippen LogP contribution is 2.25. The molecule has 0 fully saturated rings. The van der Waals surface area contributed by atoms with E-state index in [0.717, 1.165) is 11.1 Å². The van der Waals surface area contributed by atoms with Crippen LogP contribution in [0.4, 0.5) is 0 Å². The Morgan fingerprint density at radius 2 is 1.80 bits per heavy atom. The van der Waals surface area contributed by atoms with Gasteiger partial charge in [0.25, 0.3) is 11.3 Å². The molecule has 5 nitrogen and oxygen atoms in total. The highest BCUT2D eigenvalue weighted by atomic mass is 35.5. The number of benzene rings is 2. The average molecular weight is 372 g/mol. The van der Waals surface area contributed by atoms with Gasteiger partial charge in [0.1, 0.15) is 17.4 Å². The van der Waals surface area contributed by atoms with Crippen molar-refractivity contribution in [3.63, 3.8) is 0 Å². The third kappa shape index (κ3) is 2.92. The lowest BCUT2D eigenvalue weighted by molar-refractivity contribution is 0.450. The second-order valence-corrected chi connectivity index (χ2v) is 6.33. The first-order chi connectivity index (χ1) is 12.1. The Hall–Kier alpha value is -2.63. The standard InChI is InChI=1S/C18H11Cl2N3O2/c19-13-7-5-11(6-8-13)16-15-17(25-22-16)21-10-23(18(15)24)9-12-3-1-2-4-14(12)20/h1-8,10H,9H2. The van der Waals surface area contributed by atoms with E-state index in [4.69, 9.17) is 27.7 Å². The molecule has 0 aliphatic rings. The molecule has 4 aromatic rings. The second-order valence-electron chi connectivity index (χ2n) is 5.49. The first-order valence-electron chi connectivity index (χ1n) is 7.47. The molecule has 0 saturated heterocycles. The molecular formula is C18H11Cl2N3O2. The summed E-state index contributed by atoms with van der Waals surface area (Å²) in [6.07, 6.45) is 1.44. The van der Waals surface area contributed by atoms with Crippen LogP contribution in [0, 0.1) is 0 Å².